The van der Waals surface area contributed by atoms with Crippen LogP contribution in [0.1, 0.15) is 19.3 Å². The van der Waals surface area contributed by atoms with Crippen LogP contribution in [-0.2, 0) is 14.8 Å². The van der Waals surface area contributed by atoms with Gasteiger partial charge in [-0.1, -0.05) is 6.42 Å². The minimum atomic E-state index is -3.67. The maximum atomic E-state index is 12.7. The van der Waals surface area contributed by atoms with Gasteiger partial charge in [0.2, 0.25) is 15.9 Å². The average Bonchev–Trinajstić information content (AvgIpc) is 3.09. The summed E-state index contributed by atoms with van der Waals surface area (Å²) in [6, 6.07) is 6.57. The number of benzene rings is 1. The fraction of sp³-hybridized carbons (Fsp3) is 0.588. The van der Waals surface area contributed by atoms with E-state index in [1.54, 1.807) is 12.1 Å². The molecule has 0 bridgehead atoms. The number of anilines is 1. The van der Waals surface area contributed by atoms with Crippen molar-refractivity contribution < 1.29 is 13.2 Å². The first-order valence-corrected chi connectivity index (χ1v) is 10.3. The first kappa shape index (κ1) is 24.0. The molecule has 1 aromatic rings. The quantitative estimate of drug-likeness (QED) is 0.733. The normalized spacial score (nSPS) is 22.7. The van der Waals surface area contributed by atoms with E-state index in [-0.39, 0.29) is 41.5 Å². The van der Waals surface area contributed by atoms with Crippen molar-refractivity contribution in [3.05, 3.63) is 24.3 Å². The lowest BCUT2D eigenvalue weighted by molar-refractivity contribution is -0.136. The maximum Gasteiger partial charge on any atom is 0.238 e. The zero-order valence-corrected chi connectivity index (χ0v) is 17.6. The zero-order chi connectivity index (χ0) is 18.0. The smallest absolute Gasteiger partial charge is 0.238 e. The Morgan fingerprint density at radius 3 is 2.15 bits per heavy atom. The number of hydrogen-bond acceptors (Lipinski definition) is 5. The molecule has 7 nitrogen and oxygen atoms in total. The highest BCUT2D eigenvalue weighted by atomic mass is 35.5. The van der Waals surface area contributed by atoms with E-state index in [1.807, 2.05) is 4.90 Å². The molecule has 0 spiro atoms. The summed E-state index contributed by atoms with van der Waals surface area (Å²) < 4.78 is 22.7. The number of nitrogens with zero attached hydrogens (tertiary/aromatic N) is 2. The monoisotopic (exact) mass is 438 g/mol. The molecule has 3 rings (SSSR count). The molecule has 1 aliphatic heterocycles. The second kappa shape index (κ2) is 9.93. The van der Waals surface area contributed by atoms with Crippen LogP contribution in [0.25, 0.3) is 0 Å². The minimum Gasteiger partial charge on any atom is -0.368 e. The number of carbonyl (C=O) groups is 1. The van der Waals surface area contributed by atoms with Crippen molar-refractivity contribution in [1.82, 2.24) is 4.90 Å². The number of hydrogen-bond donors (Lipinski definition) is 2. The lowest BCUT2D eigenvalue weighted by atomic mass is 9.94. The fourth-order valence-electron chi connectivity index (χ4n) is 3.91. The predicted molar refractivity (Wildman–Crippen MR) is 111 cm³/mol. The summed E-state index contributed by atoms with van der Waals surface area (Å²) in [7, 11) is -3.67. The topological polar surface area (TPSA) is 110 Å². The van der Waals surface area contributed by atoms with Crippen molar-refractivity contribution in [2.45, 2.75) is 24.2 Å². The Morgan fingerprint density at radius 1 is 1.04 bits per heavy atom. The highest BCUT2D eigenvalue weighted by molar-refractivity contribution is 7.89. The van der Waals surface area contributed by atoms with Crippen LogP contribution in [0.5, 0.6) is 0 Å². The second-order valence-electron chi connectivity index (χ2n) is 6.88. The van der Waals surface area contributed by atoms with Crippen LogP contribution >= 0.6 is 24.8 Å². The summed E-state index contributed by atoms with van der Waals surface area (Å²) in [4.78, 5) is 17.0. The summed E-state index contributed by atoms with van der Waals surface area (Å²) in [5, 5.41) is 5.12. The van der Waals surface area contributed by atoms with Crippen LogP contribution < -0.4 is 15.8 Å². The first-order chi connectivity index (χ1) is 11.9. The van der Waals surface area contributed by atoms with Crippen LogP contribution in [0.2, 0.25) is 0 Å². The molecule has 1 saturated heterocycles. The number of primary sulfonamides is 1. The third kappa shape index (κ3) is 5.48. The molecule has 0 aromatic heterocycles. The number of amides is 1. The molecule has 10 heteroatoms. The number of halogens is 2. The molecule has 0 unspecified atom stereocenters. The van der Waals surface area contributed by atoms with E-state index in [9.17, 15) is 13.2 Å². The number of sulfonamides is 1. The van der Waals surface area contributed by atoms with Gasteiger partial charge in [-0.15, -0.1) is 24.8 Å². The lowest BCUT2D eigenvalue weighted by Gasteiger charge is -2.38. The molecule has 2 fully saturated rings. The summed E-state index contributed by atoms with van der Waals surface area (Å²) in [6.45, 7) is 3.43. The summed E-state index contributed by atoms with van der Waals surface area (Å²) >= 11 is 0. The number of piperazine rings is 1. The van der Waals surface area contributed by atoms with E-state index in [0.717, 1.165) is 38.0 Å². The minimum absolute atomic E-state index is 0. The van der Waals surface area contributed by atoms with E-state index < -0.39 is 10.0 Å². The average molecular weight is 439 g/mol. The van der Waals surface area contributed by atoms with Gasteiger partial charge in [-0.05, 0) is 49.6 Å². The van der Waals surface area contributed by atoms with Crippen molar-refractivity contribution in [2.75, 3.05) is 37.6 Å². The molecule has 1 saturated carbocycles. The Labute approximate surface area is 173 Å². The Hall–Kier alpha value is -1.06. The van der Waals surface area contributed by atoms with E-state index in [1.165, 1.54) is 12.1 Å². The zero-order valence-electron chi connectivity index (χ0n) is 15.1. The van der Waals surface area contributed by atoms with Crippen LogP contribution in [0.15, 0.2) is 29.2 Å². The van der Waals surface area contributed by atoms with Gasteiger partial charge in [-0.2, -0.15) is 0 Å². The molecule has 1 aliphatic carbocycles. The van der Waals surface area contributed by atoms with E-state index >= 15 is 0 Å². The van der Waals surface area contributed by atoms with Gasteiger partial charge in [0.1, 0.15) is 0 Å². The van der Waals surface area contributed by atoms with Gasteiger partial charge >= 0.3 is 0 Å². The molecule has 2 aliphatic rings. The second-order valence-corrected chi connectivity index (χ2v) is 8.45. The van der Waals surface area contributed by atoms with Gasteiger partial charge in [-0.25, -0.2) is 13.6 Å². The van der Waals surface area contributed by atoms with Gasteiger partial charge in [-0.3, -0.25) is 4.79 Å². The maximum absolute atomic E-state index is 12.7. The lowest BCUT2D eigenvalue weighted by Crippen LogP contribution is -2.51. The number of carbonyl (C=O) groups excluding carboxylic acids is 1. The van der Waals surface area contributed by atoms with Gasteiger partial charge in [0.15, 0.2) is 0 Å². The standard InChI is InChI=1S/C17H26N4O3S.2ClH/c18-12-13-2-1-3-16(13)17(22)21-10-8-20(9-11-21)14-4-6-15(7-5-14)25(19,23)24;;/h4-7,13,16H,1-3,8-12,18H2,(H2,19,23,24);2*1H/t13-,16-;;/m1../s1. The van der Waals surface area contributed by atoms with E-state index in [2.05, 4.69) is 4.90 Å². The Kier molecular flexibility index (Phi) is 8.82. The Bertz CT molecular complexity index is 722. The number of nitrogens with two attached hydrogens (primary N) is 2. The molecule has 4 N–H and O–H groups in total. The highest BCUT2D eigenvalue weighted by Crippen LogP contribution is 2.32. The van der Waals surface area contributed by atoms with Crippen LogP contribution in [0.4, 0.5) is 5.69 Å². The molecule has 0 radical (unpaired) electrons. The van der Waals surface area contributed by atoms with Crippen LogP contribution in [0, 0.1) is 11.8 Å². The fourth-order valence-corrected chi connectivity index (χ4v) is 4.43. The summed E-state index contributed by atoms with van der Waals surface area (Å²) in [5.41, 5.74) is 6.75. The molecule has 1 amide bonds. The third-order valence-corrected chi connectivity index (χ3v) is 6.33. The van der Waals surface area contributed by atoms with Gasteiger partial charge in [0.05, 0.1) is 4.90 Å². The molecule has 1 heterocycles. The van der Waals surface area contributed by atoms with Crippen molar-refractivity contribution in [1.29, 1.82) is 0 Å². The molecular formula is C17H28Cl2N4O3S. The molecule has 2 atom stereocenters. The van der Waals surface area contributed by atoms with Gasteiger partial charge in [0, 0.05) is 37.8 Å². The Balaban J connectivity index is 0.00000182. The van der Waals surface area contributed by atoms with Crippen molar-refractivity contribution in [2.24, 2.45) is 22.7 Å². The van der Waals surface area contributed by atoms with Gasteiger partial charge < -0.3 is 15.5 Å². The third-order valence-electron chi connectivity index (χ3n) is 5.40. The van der Waals surface area contributed by atoms with Crippen molar-refractivity contribution in [3.8, 4) is 0 Å². The largest absolute Gasteiger partial charge is 0.368 e. The van der Waals surface area contributed by atoms with Crippen LogP contribution in [0.3, 0.4) is 0 Å². The van der Waals surface area contributed by atoms with E-state index in [0.29, 0.717) is 25.6 Å². The first-order valence-electron chi connectivity index (χ1n) is 8.77. The van der Waals surface area contributed by atoms with Crippen molar-refractivity contribution >= 4 is 46.4 Å². The van der Waals surface area contributed by atoms with Crippen LogP contribution in [-0.4, -0.2) is 51.9 Å². The van der Waals surface area contributed by atoms with E-state index in [4.69, 9.17) is 10.9 Å². The van der Waals surface area contributed by atoms with Crippen molar-refractivity contribution in [3.63, 3.8) is 0 Å². The summed E-state index contributed by atoms with van der Waals surface area (Å²) in [5.74, 6) is 0.666. The Morgan fingerprint density at radius 2 is 1.63 bits per heavy atom. The molecule has 27 heavy (non-hydrogen) atoms. The molecule has 1 aromatic carbocycles. The number of rotatable bonds is 4. The molecule has 154 valence electrons. The predicted octanol–water partition coefficient (Wildman–Crippen LogP) is 1.20. The summed E-state index contributed by atoms with van der Waals surface area (Å²) in [6.07, 6.45) is 3.11. The molecular weight excluding hydrogens is 411 g/mol. The SMILES string of the molecule is Cl.Cl.NC[C@H]1CCC[C@H]1C(=O)N1CCN(c2ccc(S(N)(=O)=O)cc2)CC1. The van der Waals surface area contributed by atoms with Gasteiger partial charge in [0.25, 0.3) is 0 Å². The highest BCUT2D eigenvalue weighted by Gasteiger charge is 2.35.